The molecule has 0 aliphatic carbocycles. The van der Waals surface area contributed by atoms with Crippen molar-refractivity contribution in [3.05, 3.63) is 20.7 Å². The average molecular weight is 230 g/mol. The maximum atomic E-state index is 10.4. The van der Waals surface area contributed by atoms with Crippen LogP contribution in [0.2, 0.25) is 0 Å². The monoisotopic (exact) mass is 229 g/mol. The number of alkyl halides is 3. The molecule has 12 heavy (non-hydrogen) atoms. The lowest BCUT2D eigenvalue weighted by atomic mass is 10.7. The first-order chi connectivity index (χ1) is 5.34. The molecule has 0 spiro atoms. The summed E-state index contributed by atoms with van der Waals surface area (Å²) in [6.45, 7) is 0. The number of hydrogen-bond acceptors (Lipinski definition) is 3. The Hall–Kier alpha value is -0.520. The van der Waals surface area contributed by atoms with Crippen molar-refractivity contribution in [2.75, 3.05) is 0 Å². The van der Waals surface area contributed by atoms with Gasteiger partial charge in [-0.3, -0.25) is 9.59 Å². The Morgan fingerprint density at radius 3 is 2.00 bits per heavy atom. The fourth-order valence-corrected chi connectivity index (χ4v) is 0.496. The van der Waals surface area contributed by atoms with E-state index < -0.39 is 20.7 Å². The first kappa shape index (κ1) is 9.57. The van der Waals surface area contributed by atoms with E-state index >= 15 is 0 Å². The zero-order valence-electron chi connectivity index (χ0n) is 5.42. The van der Waals surface area contributed by atoms with E-state index in [1.807, 2.05) is 0 Å². The molecule has 2 N–H and O–H groups in total. The summed E-state index contributed by atoms with van der Waals surface area (Å²) in [6, 6.07) is 0. The summed E-state index contributed by atoms with van der Waals surface area (Å²) < 4.78 is -1.39. The minimum Gasteiger partial charge on any atom is -0.382 e. The lowest BCUT2D eigenvalue weighted by Crippen LogP contribution is -2.29. The minimum absolute atomic E-state index is 0.424. The second kappa shape index (κ2) is 2.76. The predicted octanol–water partition coefficient (Wildman–Crippen LogP) is -0.425. The Morgan fingerprint density at radius 1 is 1.33 bits per heavy atom. The van der Waals surface area contributed by atoms with Crippen molar-refractivity contribution in [3.63, 3.8) is 0 Å². The molecule has 0 amide bonds. The summed E-state index contributed by atoms with van der Waals surface area (Å²) >= 11 is 15.8. The third-order valence-electron chi connectivity index (χ3n) is 1.02. The second-order valence-electron chi connectivity index (χ2n) is 1.91. The van der Waals surface area contributed by atoms with Crippen LogP contribution in [0.15, 0.2) is 14.7 Å². The van der Waals surface area contributed by atoms with Gasteiger partial charge in [0, 0.05) is 0 Å². The first-order valence-corrected chi connectivity index (χ1v) is 3.77. The standard InChI is InChI=1S/C4H2Cl3N3O2/c5-4(6,7)3(8)9-10-1(11)2(10)12/h(H2,8,9). The molecule has 0 radical (unpaired) electrons. The maximum Gasteiger partial charge on any atom is 0.342 e. The molecule has 0 saturated heterocycles. The van der Waals surface area contributed by atoms with E-state index in [1.54, 1.807) is 0 Å². The highest BCUT2D eigenvalue weighted by Gasteiger charge is 2.27. The van der Waals surface area contributed by atoms with Gasteiger partial charge in [0.05, 0.1) is 0 Å². The lowest BCUT2D eigenvalue weighted by Gasteiger charge is -2.06. The van der Waals surface area contributed by atoms with Crippen LogP contribution < -0.4 is 16.9 Å². The highest BCUT2D eigenvalue weighted by atomic mass is 35.6. The van der Waals surface area contributed by atoms with E-state index in [-0.39, 0.29) is 0 Å². The average Bonchev–Trinajstić information content (AvgIpc) is 2.43. The van der Waals surface area contributed by atoms with Gasteiger partial charge < -0.3 is 5.73 Å². The molecule has 0 aliphatic heterocycles. The van der Waals surface area contributed by atoms with Gasteiger partial charge in [0.2, 0.25) is 3.79 Å². The topological polar surface area (TPSA) is 77.4 Å². The largest absolute Gasteiger partial charge is 0.382 e. The summed E-state index contributed by atoms with van der Waals surface area (Å²) in [6.07, 6.45) is 0. The molecule has 5 nitrogen and oxygen atoms in total. The normalized spacial score (nSPS) is 14.1. The molecule has 1 aromatic rings. The molecular weight excluding hydrogens is 228 g/mol. The number of rotatable bonds is 1. The Morgan fingerprint density at radius 2 is 1.75 bits per heavy atom. The van der Waals surface area contributed by atoms with Crippen LogP contribution in [0.25, 0.3) is 0 Å². The van der Waals surface area contributed by atoms with Gasteiger partial charge in [0.25, 0.3) is 0 Å². The third kappa shape index (κ3) is 1.80. The molecule has 0 aliphatic rings. The third-order valence-corrected chi connectivity index (χ3v) is 1.60. The van der Waals surface area contributed by atoms with E-state index in [9.17, 15) is 9.59 Å². The van der Waals surface area contributed by atoms with Gasteiger partial charge in [-0.1, -0.05) is 34.8 Å². The zero-order valence-corrected chi connectivity index (χ0v) is 7.69. The molecular formula is C4H2Cl3N3O2. The van der Waals surface area contributed by atoms with Crippen molar-refractivity contribution in [2.45, 2.75) is 3.79 Å². The number of halogens is 3. The van der Waals surface area contributed by atoms with Crippen LogP contribution in [0.3, 0.4) is 0 Å². The molecule has 1 heterocycles. The molecule has 0 aromatic carbocycles. The minimum atomic E-state index is -1.90. The van der Waals surface area contributed by atoms with Crippen molar-refractivity contribution in [2.24, 2.45) is 10.8 Å². The van der Waals surface area contributed by atoms with E-state index in [1.165, 1.54) is 0 Å². The molecule has 8 heteroatoms. The summed E-state index contributed by atoms with van der Waals surface area (Å²) in [5.41, 5.74) is 3.58. The summed E-state index contributed by atoms with van der Waals surface area (Å²) in [7, 11) is 0. The van der Waals surface area contributed by atoms with E-state index in [0.717, 1.165) is 0 Å². The Bertz CT molecular complexity index is 369. The van der Waals surface area contributed by atoms with E-state index in [4.69, 9.17) is 40.5 Å². The highest BCUT2D eigenvalue weighted by molar-refractivity contribution is 6.76. The van der Waals surface area contributed by atoms with Crippen LogP contribution in [0.1, 0.15) is 0 Å². The Kier molecular flexibility index (Phi) is 2.20. The van der Waals surface area contributed by atoms with Crippen LogP contribution in [0, 0.1) is 0 Å². The summed E-state index contributed by atoms with van der Waals surface area (Å²) in [5.74, 6) is -0.424. The number of nitrogens with two attached hydrogens (primary N) is 1. The van der Waals surface area contributed by atoms with E-state index in [0.29, 0.717) is 4.68 Å². The molecule has 0 saturated carbocycles. The van der Waals surface area contributed by atoms with Gasteiger partial charge in [0.1, 0.15) is 0 Å². The van der Waals surface area contributed by atoms with Crippen molar-refractivity contribution in [1.82, 2.24) is 4.68 Å². The lowest BCUT2D eigenvalue weighted by molar-refractivity contribution is 0.943. The van der Waals surface area contributed by atoms with E-state index in [2.05, 4.69) is 5.10 Å². The number of aromatic nitrogens is 1. The molecule has 0 fully saturated rings. The van der Waals surface area contributed by atoms with Gasteiger partial charge in [0.15, 0.2) is 5.84 Å². The van der Waals surface area contributed by atoms with Crippen molar-refractivity contribution >= 4 is 40.6 Å². The molecule has 0 atom stereocenters. The molecule has 0 unspecified atom stereocenters. The number of amidine groups is 1. The molecule has 1 aromatic heterocycles. The SMILES string of the molecule is NC(=Nn1c(=O)c1=O)C(Cl)(Cl)Cl. The number of hydrogen-bond donors (Lipinski definition) is 1. The van der Waals surface area contributed by atoms with Crippen molar-refractivity contribution in [1.29, 1.82) is 0 Å². The van der Waals surface area contributed by atoms with Gasteiger partial charge in [-0.2, -0.15) is 0 Å². The van der Waals surface area contributed by atoms with Gasteiger partial charge in [-0.05, 0) is 0 Å². The van der Waals surface area contributed by atoms with Crippen molar-refractivity contribution < 1.29 is 0 Å². The maximum absolute atomic E-state index is 10.4. The first-order valence-electron chi connectivity index (χ1n) is 2.63. The van der Waals surface area contributed by atoms with Crippen LogP contribution in [-0.4, -0.2) is 14.3 Å². The second-order valence-corrected chi connectivity index (χ2v) is 4.19. The zero-order chi connectivity index (χ0) is 9.52. The van der Waals surface area contributed by atoms with Crippen molar-refractivity contribution in [3.8, 4) is 0 Å². The quantitative estimate of drug-likeness (QED) is 0.308. The fraction of sp³-hybridized carbons (Fsp3) is 0.250. The van der Waals surface area contributed by atoms with Crippen LogP contribution in [-0.2, 0) is 0 Å². The van der Waals surface area contributed by atoms with Gasteiger partial charge in [-0.15, -0.1) is 9.78 Å². The van der Waals surface area contributed by atoms with Crippen LogP contribution in [0.5, 0.6) is 0 Å². The molecule has 0 bridgehead atoms. The summed E-state index contributed by atoms with van der Waals surface area (Å²) in [5, 5.41) is 3.25. The van der Waals surface area contributed by atoms with Gasteiger partial charge in [-0.25, -0.2) is 0 Å². The van der Waals surface area contributed by atoms with Crippen LogP contribution in [0.4, 0.5) is 0 Å². The Labute approximate surface area is 81.0 Å². The highest BCUT2D eigenvalue weighted by Crippen LogP contribution is 2.25. The van der Waals surface area contributed by atoms with Crippen LogP contribution >= 0.6 is 34.8 Å². The fourth-order valence-electron chi connectivity index (χ4n) is 0.383. The molecule has 1 rings (SSSR count). The molecule has 66 valence electrons. The summed E-state index contributed by atoms with van der Waals surface area (Å²) in [4.78, 5) is 20.7. The predicted molar refractivity (Wildman–Crippen MR) is 46.7 cm³/mol. The van der Waals surface area contributed by atoms with Gasteiger partial charge >= 0.3 is 11.1 Å². The number of nitrogens with zero attached hydrogens (tertiary/aromatic N) is 2. The smallest absolute Gasteiger partial charge is 0.342 e. The Balaban J connectivity index is 2.93.